The normalized spacial score (nSPS) is 12.5. The summed E-state index contributed by atoms with van der Waals surface area (Å²) in [5.41, 5.74) is 0.383. The molecule has 0 aliphatic carbocycles. The molecule has 0 spiro atoms. The molecule has 2 aromatic rings. The van der Waals surface area contributed by atoms with Crippen LogP contribution in [0.4, 0.5) is 13.2 Å². The predicted molar refractivity (Wildman–Crippen MR) is 79.3 cm³/mol. The van der Waals surface area contributed by atoms with Crippen molar-refractivity contribution in [2.75, 3.05) is 0 Å². The van der Waals surface area contributed by atoms with Gasteiger partial charge in [0.05, 0.1) is 17.2 Å². The predicted octanol–water partition coefficient (Wildman–Crippen LogP) is 3.83. The molecule has 2 N–H and O–H groups in total. The summed E-state index contributed by atoms with van der Waals surface area (Å²) in [6.07, 6.45) is -7.74. The molecule has 4 nitrogen and oxygen atoms in total. The lowest BCUT2D eigenvalue weighted by molar-refractivity contribution is -0.206. The first-order valence-electron chi connectivity index (χ1n) is 6.77. The van der Waals surface area contributed by atoms with Gasteiger partial charge in [-0.05, 0) is 53.4 Å². The molecule has 0 saturated carbocycles. The Kier molecular flexibility index (Phi) is 4.62. The highest BCUT2D eigenvalue weighted by atomic mass is 19.4. The van der Waals surface area contributed by atoms with E-state index in [9.17, 15) is 28.3 Å². The smallest absolute Gasteiger partial charge is 0.418 e. The molecular weight excluding hydrogens is 323 g/mol. The second kappa shape index (κ2) is 6.34. The molecular formula is C17H12F3NO3. The fourth-order valence-corrected chi connectivity index (χ4v) is 2.28. The van der Waals surface area contributed by atoms with Crippen LogP contribution in [-0.4, -0.2) is 22.4 Å². The van der Waals surface area contributed by atoms with Gasteiger partial charge in [-0.1, -0.05) is 12.1 Å². The minimum atomic E-state index is -4.93. The number of carboxylic acid groups (broad SMARTS) is 1. The maximum absolute atomic E-state index is 12.8. The van der Waals surface area contributed by atoms with E-state index in [2.05, 4.69) is 0 Å². The number of nitriles is 1. The number of aromatic carboxylic acids is 1. The molecule has 0 aliphatic heterocycles. The monoisotopic (exact) mass is 335 g/mol. The van der Waals surface area contributed by atoms with Gasteiger partial charge in [-0.2, -0.15) is 18.4 Å². The Morgan fingerprint density at radius 3 is 2.42 bits per heavy atom. The van der Waals surface area contributed by atoms with Crippen LogP contribution in [-0.2, 0) is 0 Å². The second-order valence-electron chi connectivity index (χ2n) is 5.25. The van der Waals surface area contributed by atoms with Gasteiger partial charge in [-0.15, -0.1) is 0 Å². The van der Waals surface area contributed by atoms with Crippen molar-refractivity contribution in [2.24, 2.45) is 0 Å². The van der Waals surface area contributed by atoms with Crippen molar-refractivity contribution in [1.82, 2.24) is 0 Å². The van der Waals surface area contributed by atoms with E-state index < -0.39 is 29.4 Å². The second-order valence-corrected chi connectivity index (χ2v) is 5.25. The molecule has 0 heterocycles. The molecule has 0 bridgehead atoms. The summed E-state index contributed by atoms with van der Waals surface area (Å²) < 4.78 is 38.3. The number of aliphatic hydroxyl groups excluding tert-OH is 1. The summed E-state index contributed by atoms with van der Waals surface area (Å²) in [5.74, 6) is -1.43. The van der Waals surface area contributed by atoms with Gasteiger partial charge in [0.15, 0.2) is 6.10 Å². The first kappa shape index (κ1) is 17.5. The van der Waals surface area contributed by atoms with Crippen molar-refractivity contribution in [2.45, 2.75) is 19.2 Å². The average Bonchev–Trinajstić information content (AvgIpc) is 2.52. The van der Waals surface area contributed by atoms with E-state index in [0.29, 0.717) is 5.56 Å². The van der Waals surface area contributed by atoms with Crippen molar-refractivity contribution in [3.05, 3.63) is 58.7 Å². The zero-order valence-corrected chi connectivity index (χ0v) is 12.4. The van der Waals surface area contributed by atoms with Crippen LogP contribution in [0.5, 0.6) is 0 Å². The van der Waals surface area contributed by atoms with Crippen LogP contribution >= 0.6 is 0 Å². The standard InChI is InChI=1S/C17H12F3NO3/c1-9-2-3-14(13(4-9)8-21)10-5-11(15(22)17(18,19)20)7-12(6-10)16(23)24/h2-7,15,22H,1H3,(H,23,24). The highest BCUT2D eigenvalue weighted by Gasteiger charge is 2.39. The van der Waals surface area contributed by atoms with Crippen LogP contribution in [0.25, 0.3) is 11.1 Å². The summed E-state index contributed by atoms with van der Waals surface area (Å²) >= 11 is 0. The van der Waals surface area contributed by atoms with E-state index >= 15 is 0 Å². The van der Waals surface area contributed by atoms with Crippen LogP contribution in [0.3, 0.4) is 0 Å². The molecule has 24 heavy (non-hydrogen) atoms. The number of benzene rings is 2. The number of hydrogen-bond acceptors (Lipinski definition) is 3. The van der Waals surface area contributed by atoms with Crippen LogP contribution in [0.1, 0.15) is 33.2 Å². The SMILES string of the molecule is Cc1ccc(-c2cc(C(=O)O)cc(C(O)C(F)(F)F)c2)c(C#N)c1. The molecule has 1 unspecified atom stereocenters. The lowest BCUT2D eigenvalue weighted by Crippen LogP contribution is -2.20. The molecule has 2 rings (SSSR count). The van der Waals surface area contributed by atoms with Gasteiger partial charge in [-0.25, -0.2) is 4.79 Å². The number of alkyl halides is 3. The maximum atomic E-state index is 12.8. The third kappa shape index (κ3) is 3.55. The molecule has 0 saturated heterocycles. The summed E-state index contributed by atoms with van der Waals surface area (Å²) in [5, 5.41) is 27.7. The number of aryl methyl sites for hydroxylation is 1. The number of aliphatic hydroxyl groups is 1. The summed E-state index contributed by atoms with van der Waals surface area (Å²) in [6.45, 7) is 1.75. The molecule has 1 atom stereocenters. The lowest BCUT2D eigenvalue weighted by Gasteiger charge is -2.17. The minimum Gasteiger partial charge on any atom is -0.478 e. The summed E-state index contributed by atoms with van der Waals surface area (Å²) in [4.78, 5) is 11.2. The van der Waals surface area contributed by atoms with Crippen LogP contribution in [0, 0.1) is 18.3 Å². The van der Waals surface area contributed by atoms with Crippen molar-refractivity contribution in [3.8, 4) is 17.2 Å². The first-order valence-corrected chi connectivity index (χ1v) is 6.77. The fourth-order valence-electron chi connectivity index (χ4n) is 2.28. The molecule has 0 aromatic heterocycles. The van der Waals surface area contributed by atoms with Gasteiger partial charge in [-0.3, -0.25) is 0 Å². The number of hydrogen-bond donors (Lipinski definition) is 2. The third-order valence-electron chi connectivity index (χ3n) is 3.43. The van der Waals surface area contributed by atoms with Gasteiger partial charge in [0.1, 0.15) is 0 Å². The van der Waals surface area contributed by atoms with Crippen molar-refractivity contribution in [1.29, 1.82) is 5.26 Å². The zero-order valence-electron chi connectivity index (χ0n) is 12.4. The molecule has 0 amide bonds. The number of halogens is 3. The Balaban J connectivity index is 2.69. The number of nitrogens with zero attached hydrogens (tertiary/aromatic N) is 1. The molecule has 0 fully saturated rings. The highest BCUT2D eigenvalue weighted by molar-refractivity contribution is 5.90. The molecule has 0 radical (unpaired) electrons. The first-order chi connectivity index (χ1) is 11.1. The highest BCUT2D eigenvalue weighted by Crippen LogP contribution is 2.35. The number of rotatable bonds is 3. The molecule has 7 heteroatoms. The maximum Gasteiger partial charge on any atom is 0.418 e. The Labute approximate surface area is 135 Å². The summed E-state index contributed by atoms with van der Waals surface area (Å²) in [7, 11) is 0. The molecule has 0 aliphatic rings. The summed E-state index contributed by atoms with van der Waals surface area (Å²) in [6, 6.07) is 9.63. The average molecular weight is 335 g/mol. The minimum absolute atomic E-state index is 0.116. The van der Waals surface area contributed by atoms with E-state index in [1.54, 1.807) is 19.1 Å². The fraction of sp³-hybridized carbons (Fsp3) is 0.176. The number of carbonyl (C=O) groups is 1. The van der Waals surface area contributed by atoms with Crippen LogP contribution < -0.4 is 0 Å². The van der Waals surface area contributed by atoms with Crippen molar-refractivity contribution in [3.63, 3.8) is 0 Å². The third-order valence-corrected chi connectivity index (χ3v) is 3.43. The van der Waals surface area contributed by atoms with Gasteiger partial charge >= 0.3 is 12.1 Å². The topological polar surface area (TPSA) is 81.3 Å². The Morgan fingerprint density at radius 1 is 1.21 bits per heavy atom. The quantitative estimate of drug-likeness (QED) is 0.893. The van der Waals surface area contributed by atoms with Gasteiger partial charge in [0.2, 0.25) is 0 Å². The van der Waals surface area contributed by atoms with Crippen LogP contribution in [0.2, 0.25) is 0 Å². The van der Waals surface area contributed by atoms with Gasteiger partial charge in [0.25, 0.3) is 0 Å². The van der Waals surface area contributed by atoms with Gasteiger partial charge in [0, 0.05) is 0 Å². The lowest BCUT2D eigenvalue weighted by atomic mass is 9.93. The van der Waals surface area contributed by atoms with E-state index in [-0.39, 0.29) is 11.1 Å². The molecule has 2 aromatic carbocycles. The largest absolute Gasteiger partial charge is 0.478 e. The van der Waals surface area contributed by atoms with E-state index in [4.69, 9.17) is 5.11 Å². The zero-order chi connectivity index (χ0) is 18.1. The van der Waals surface area contributed by atoms with E-state index in [0.717, 1.165) is 17.7 Å². The van der Waals surface area contributed by atoms with Crippen molar-refractivity contribution >= 4 is 5.97 Å². The number of carboxylic acids is 1. The van der Waals surface area contributed by atoms with Crippen molar-refractivity contribution < 1.29 is 28.2 Å². The van der Waals surface area contributed by atoms with E-state index in [1.165, 1.54) is 12.1 Å². The Bertz CT molecular complexity index is 838. The molecule has 124 valence electrons. The van der Waals surface area contributed by atoms with E-state index in [1.807, 2.05) is 6.07 Å². The van der Waals surface area contributed by atoms with Gasteiger partial charge < -0.3 is 10.2 Å². The van der Waals surface area contributed by atoms with Crippen LogP contribution in [0.15, 0.2) is 36.4 Å². The Morgan fingerprint density at radius 2 is 1.88 bits per heavy atom. The Hall–Kier alpha value is -2.85.